The average Bonchev–Trinajstić information content (AvgIpc) is 2.34. The smallest absolute Gasteiger partial charge is 0.308 e. The Balaban J connectivity index is 3.33. The zero-order valence-corrected chi connectivity index (χ0v) is 17.3. The standard InChI is InChI=1S/C12H13I3N2O3/c1-5(12(19)20)4-17(6(2)18)11-8(14)3-7(13)10(16)9(11)15/h3,5H,4,16H2,1-2H3,(H,19,20)/t5-/m1/s1. The summed E-state index contributed by atoms with van der Waals surface area (Å²) < 4.78 is 2.56. The molecule has 0 heterocycles. The minimum atomic E-state index is -0.931. The summed E-state index contributed by atoms with van der Waals surface area (Å²) in [6.07, 6.45) is 0. The second-order valence-electron chi connectivity index (χ2n) is 4.29. The SMILES string of the molecule is CC(=O)N(C[C@@H](C)C(=O)O)c1c(I)cc(I)c(N)c1I. The number of carbonyl (C=O) groups is 2. The van der Waals surface area contributed by atoms with Gasteiger partial charge in [-0.15, -0.1) is 0 Å². The fourth-order valence-electron chi connectivity index (χ4n) is 1.57. The van der Waals surface area contributed by atoms with Crippen molar-refractivity contribution in [3.63, 3.8) is 0 Å². The van der Waals surface area contributed by atoms with E-state index in [-0.39, 0.29) is 12.5 Å². The number of rotatable bonds is 4. The molecule has 0 aliphatic rings. The van der Waals surface area contributed by atoms with E-state index in [1.165, 1.54) is 11.8 Å². The number of aliphatic carboxylic acids is 1. The first-order chi connectivity index (χ1) is 9.16. The Bertz CT molecular complexity index is 563. The Kier molecular flexibility index (Phi) is 6.76. The first-order valence-electron chi connectivity index (χ1n) is 5.60. The quantitative estimate of drug-likeness (QED) is 0.404. The summed E-state index contributed by atoms with van der Waals surface area (Å²) in [5.74, 6) is -1.78. The molecule has 8 heteroatoms. The van der Waals surface area contributed by atoms with Crippen LogP contribution in [0, 0.1) is 16.6 Å². The highest BCUT2D eigenvalue weighted by Gasteiger charge is 2.24. The fraction of sp³-hybridized carbons (Fsp3) is 0.333. The summed E-state index contributed by atoms with van der Waals surface area (Å²) in [4.78, 5) is 24.4. The molecule has 110 valence electrons. The monoisotopic (exact) mass is 614 g/mol. The van der Waals surface area contributed by atoms with Crippen molar-refractivity contribution >= 4 is 91.0 Å². The Morgan fingerprint density at radius 1 is 1.35 bits per heavy atom. The van der Waals surface area contributed by atoms with Gasteiger partial charge in [0.1, 0.15) is 0 Å². The number of nitrogen functional groups attached to an aromatic ring is 1. The van der Waals surface area contributed by atoms with Crippen molar-refractivity contribution in [3.8, 4) is 0 Å². The van der Waals surface area contributed by atoms with E-state index in [0.29, 0.717) is 11.4 Å². The van der Waals surface area contributed by atoms with Crippen molar-refractivity contribution in [2.24, 2.45) is 5.92 Å². The molecule has 0 aliphatic heterocycles. The second kappa shape index (κ2) is 7.42. The predicted molar refractivity (Wildman–Crippen MR) is 104 cm³/mol. The number of hydrogen-bond acceptors (Lipinski definition) is 3. The molecule has 0 spiro atoms. The van der Waals surface area contributed by atoms with Crippen molar-refractivity contribution in [1.29, 1.82) is 0 Å². The van der Waals surface area contributed by atoms with Gasteiger partial charge in [0.25, 0.3) is 0 Å². The third kappa shape index (κ3) is 4.08. The van der Waals surface area contributed by atoms with Crippen LogP contribution in [-0.4, -0.2) is 23.5 Å². The molecule has 1 rings (SSSR count). The van der Waals surface area contributed by atoms with Crippen molar-refractivity contribution in [3.05, 3.63) is 16.8 Å². The van der Waals surface area contributed by atoms with Gasteiger partial charge in [0.15, 0.2) is 0 Å². The van der Waals surface area contributed by atoms with Crippen LogP contribution in [0.5, 0.6) is 0 Å². The minimum Gasteiger partial charge on any atom is -0.481 e. The zero-order valence-electron chi connectivity index (χ0n) is 10.8. The van der Waals surface area contributed by atoms with Gasteiger partial charge >= 0.3 is 5.97 Å². The maximum absolute atomic E-state index is 11.9. The minimum absolute atomic E-state index is 0.122. The molecule has 0 saturated carbocycles. The van der Waals surface area contributed by atoms with Crippen molar-refractivity contribution in [2.75, 3.05) is 17.2 Å². The molecule has 0 radical (unpaired) electrons. The van der Waals surface area contributed by atoms with Crippen molar-refractivity contribution in [1.82, 2.24) is 0 Å². The maximum Gasteiger partial charge on any atom is 0.308 e. The van der Waals surface area contributed by atoms with E-state index in [0.717, 1.165) is 10.7 Å². The lowest BCUT2D eigenvalue weighted by Gasteiger charge is -2.26. The summed E-state index contributed by atoms with van der Waals surface area (Å²) in [6.45, 7) is 3.12. The number of carbonyl (C=O) groups excluding carboxylic acids is 1. The van der Waals surface area contributed by atoms with Crippen LogP contribution in [-0.2, 0) is 9.59 Å². The van der Waals surface area contributed by atoms with Crippen LogP contribution in [0.4, 0.5) is 11.4 Å². The predicted octanol–water partition coefficient (Wildman–Crippen LogP) is 3.16. The summed E-state index contributed by atoms with van der Waals surface area (Å²) in [6, 6.07) is 1.88. The second-order valence-corrected chi connectivity index (χ2v) is 7.69. The van der Waals surface area contributed by atoms with E-state index in [1.54, 1.807) is 6.92 Å². The lowest BCUT2D eigenvalue weighted by Crippen LogP contribution is -2.36. The van der Waals surface area contributed by atoms with Gasteiger partial charge in [-0.1, -0.05) is 6.92 Å². The lowest BCUT2D eigenvalue weighted by atomic mass is 10.1. The van der Waals surface area contributed by atoms with Gasteiger partial charge in [-0.2, -0.15) is 0 Å². The Morgan fingerprint density at radius 3 is 2.35 bits per heavy atom. The summed E-state index contributed by atoms with van der Waals surface area (Å²) in [5.41, 5.74) is 7.30. The maximum atomic E-state index is 11.9. The third-order valence-corrected chi connectivity index (χ3v) is 5.52. The molecule has 0 unspecified atom stereocenters. The van der Waals surface area contributed by atoms with Crippen LogP contribution in [0.1, 0.15) is 13.8 Å². The number of hydrogen-bond donors (Lipinski definition) is 2. The first kappa shape index (κ1) is 18.2. The molecule has 0 fully saturated rings. The largest absolute Gasteiger partial charge is 0.481 e. The molecule has 5 nitrogen and oxygen atoms in total. The number of carboxylic acids is 1. The normalized spacial score (nSPS) is 12.1. The Labute approximate surface area is 158 Å². The molecule has 1 amide bonds. The molecule has 20 heavy (non-hydrogen) atoms. The van der Waals surface area contributed by atoms with Crippen LogP contribution >= 0.6 is 67.8 Å². The Hall–Kier alpha value is 0.150. The molecule has 3 N–H and O–H groups in total. The highest BCUT2D eigenvalue weighted by atomic mass is 127. The molecular weight excluding hydrogens is 601 g/mol. The summed E-state index contributed by atoms with van der Waals surface area (Å²) >= 11 is 6.36. The van der Waals surface area contributed by atoms with Crippen molar-refractivity contribution < 1.29 is 14.7 Å². The third-order valence-electron chi connectivity index (χ3n) is 2.71. The van der Waals surface area contributed by atoms with Gasteiger partial charge in [-0.3, -0.25) is 9.59 Å². The molecule has 0 bridgehead atoms. The van der Waals surface area contributed by atoms with E-state index < -0.39 is 11.9 Å². The first-order valence-corrected chi connectivity index (χ1v) is 8.84. The van der Waals surface area contributed by atoms with Gasteiger partial charge < -0.3 is 15.7 Å². The number of carboxylic acid groups (broad SMARTS) is 1. The van der Waals surface area contributed by atoms with E-state index in [2.05, 4.69) is 67.8 Å². The highest BCUT2D eigenvalue weighted by Crippen LogP contribution is 2.36. The number of amides is 1. The molecule has 0 saturated heterocycles. The number of anilines is 2. The molecule has 1 aromatic carbocycles. The van der Waals surface area contributed by atoms with Gasteiger partial charge in [0.2, 0.25) is 5.91 Å². The van der Waals surface area contributed by atoms with E-state index in [4.69, 9.17) is 10.8 Å². The fourth-order valence-corrected chi connectivity index (χ4v) is 5.52. The molecular formula is C12H13I3N2O3. The van der Waals surface area contributed by atoms with Crippen LogP contribution in [0.15, 0.2) is 6.07 Å². The van der Waals surface area contributed by atoms with E-state index >= 15 is 0 Å². The van der Waals surface area contributed by atoms with Crippen LogP contribution < -0.4 is 10.6 Å². The van der Waals surface area contributed by atoms with Crippen molar-refractivity contribution in [2.45, 2.75) is 13.8 Å². The number of benzene rings is 1. The van der Waals surface area contributed by atoms with Gasteiger partial charge in [0, 0.05) is 20.6 Å². The zero-order chi connectivity index (χ0) is 15.6. The topological polar surface area (TPSA) is 83.6 Å². The number of nitrogens with two attached hydrogens (primary N) is 1. The van der Waals surface area contributed by atoms with E-state index in [1.807, 2.05) is 6.07 Å². The highest BCUT2D eigenvalue weighted by molar-refractivity contribution is 14.1. The average molecular weight is 614 g/mol. The van der Waals surface area contributed by atoms with E-state index in [9.17, 15) is 9.59 Å². The molecule has 0 aromatic heterocycles. The summed E-state index contributed by atoms with van der Waals surface area (Å²) in [7, 11) is 0. The molecule has 1 aromatic rings. The van der Waals surface area contributed by atoms with Gasteiger partial charge in [-0.05, 0) is 73.8 Å². The van der Waals surface area contributed by atoms with Gasteiger partial charge in [0.05, 0.1) is 20.9 Å². The van der Waals surface area contributed by atoms with Gasteiger partial charge in [-0.25, -0.2) is 0 Å². The van der Waals surface area contributed by atoms with Crippen LogP contribution in [0.3, 0.4) is 0 Å². The lowest BCUT2D eigenvalue weighted by molar-refractivity contribution is -0.140. The molecule has 0 aliphatic carbocycles. The Morgan fingerprint density at radius 2 is 1.90 bits per heavy atom. The molecule has 1 atom stereocenters. The van der Waals surface area contributed by atoms with Crippen LogP contribution in [0.25, 0.3) is 0 Å². The number of halogens is 3. The number of nitrogens with zero attached hydrogens (tertiary/aromatic N) is 1. The summed E-state index contributed by atoms with van der Waals surface area (Å²) in [5, 5.41) is 9.03. The van der Waals surface area contributed by atoms with Crippen LogP contribution in [0.2, 0.25) is 0 Å².